The Bertz CT molecular complexity index is 1440. The largest absolute Gasteiger partial charge is 0.489 e. The summed E-state index contributed by atoms with van der Waals surface area (Å²) in [4.78, 5) is 18.1. The number of rotatable bonds is 4. The van der Waals surface area contributed by atoms with E-state index < -0.39 is 0 Å². The Hall–Kier alpha value is -3.15. The van der Waals surface area contributed by atoms with Crippen LogP contribution >= 0.6 is 22.9 Å². The molecule has 0 aliphatic rings. The number of ether oxygens (including phenoxy) is 1. The van der Waals surface area contributed by atoms with E-state index in [0.29, 0.717) is 21.1 Å². The molecule has 29 heavy (non-hydrogen) atoms. The summed E-state index contributed by atoms with van der Waals surface area (Å²) in [5.74, 6) is 0.761. The van der Waals surface area contributed by atoms with Gasteiger partial charge in [0.1, 0.15) is 12.4 Å². The molecule has 0 unspecified atom stereocenters. The van der Waals surface area contributed by atoms with E-state index in [-0.39, 0.29) is 5.56 Å². The Labute approximate surface area is 175 Å². The molecule has 4 nitrogen and oxygen atoms in total. The number of para-hydroxylation sites is 2. The lowest BCUT2D eigenvalue weighted by molar-refractivity contribution is 0.306. The maximum absolute atomic E-state index is 12.8. The molecule has 0 amide bonds. The highest BCUT2D eigenvalue weighted by Gasteiger charge is 2.10. The molecule has 0 N–H and O–H groups in total. The lowest BCUT2D eigenvalue weighted by Crippen LogP contribution is -2.22. The third-order valence-electron chi connectivity index (χ3n) is 4.62. The number of imidazole rings is 1. The molecule has 2 heterocycles. The number of thiazole rings is 1. The van der Waals surface area contributed by atoms with E-state index >= 15 is 0 Å². The van der Waals surface area contributed by atoms with Crippen LogP contribution < -0.4 is 14.8 Å². The highest BCUT2D eigenvalue weighted by atomic mass is 35.5. The fourth-order valence-electron chi connectivity index (χ4n) is 3.22. The van der Waals surface area contributed by atoms with Crippen LogP contribution in [0.1, 0.15) is 11.1 Å². The molecule has 0 radical (unpaired) electrons. The highest BCUT2D eigenvalue weighted by molar-refractivity contribution is 7.15. The van der Waals surface area contributed by atoms with E-state index in [2.05, 4.69) is 4.98 Å². The molecular formula is C23H15ClN2O2S. The zero-order valence-electron chi connectivity index (χ0n) is 15.2. The molecule has 0 spiro atoms. The quantitative estimate of drug-likeness (QED) is 0.425. The van der Waals surface area contributed by atoms with Crippen LogP contribution in [0.4, 0.5) is 0 Å². The molecular weight excluding hydrogens is 404 g/mol. The van der Waals surface area contributed by atoms with Crippen LogP contribution in [0.2, 0.25) is 5.02 Å². The van der Waals surface area contributed by atoms with E-state index in [1.807, 2.05) is 78.9 Å². The number of benzene rings is 3. The first kappa shape index (κ1) is 17.9. The van der Waals surface area contributed by atoms with Crippen molar-refractivity contribution >= 4 is 45.0 Å². The summed E-state index contributed by atoms with van der Waals surface area (Å²) in [6, 6.07) is 22.9. The van der Waals surface area contributed by atoms with Crippen molar-refractivity contribution < 1.29 is 4.74 Å². The summed E-state index contributed by atoms with van der Waals surface area (Å²) in [5, 5.41) is 0.694. The maximum atomic E-state index is 12.8. The average Bonchev–Trinajstić information content (AvgIpc) is 3.24. The fraction of sp³-hybridized carbons (Fsp3) is 0.0435. The summed E-state index contributed by atoms with van der Waals surface area (Å²) >= 11 is 7.40. The molecule has 0 saturated heterocycles. The third-order valence-corrected chi connectivity index (χ3v) is 5.82. The topological polar surface area (TPSA) is 43.6 Å². The van der Waals surface area contributed by atoms with Gasteiger partial charge in [-0.05, 0) is 53.6 Å². The summed E-state index contributed by atoms with van der Waals surface area (Å²) in [5.41, 5.74) is 3.58. The van der Waals surface area contributed by atoms with Crippen LogP contribution in [0.5, 0.6) is 5.75 Å². The zero-order valence-corrected chi connectivity index (χ0v) is 16.8. The average molecular weight is 419 g/mol. The smallest absolute Gasteiger partial charge is 0.274 e. The van der Waals surface area contributed by atoms with Crippen molar-refractivity contribution in [2.24, 2.45) is 0 Å². The molecule has 142 valence electrons. The Morgan fingerprint density at radius 2 is 1.86 bits per heavy atom. The lowest BCUT2D eigenvalue weighted by atomic mass is 10.2. The molecule has 0 aliphatic heterocycles. The molecule has 0 fully saturated rings. The lowest BCUT2D eigenvalue weighted by Gasteiger charge is -2.06. The monoisotopic (exact) mass is 418 g/mol. The molecule has 5 aromatic rings. The van der Waals surface area contributed by atoms with Gasteiger partial charge in [0.25, 0.3) is 5.56 Å². The van der Waals surface area contributed by atoms with E-state index in [1.54, 1.807) is 4.40 Å². The number of fused-ring (bicyclic) bond motifs is 3. The second-order valence-electron chi connectivity index (χ2n) is 6.62. The SMILES string of the molecule is O=c1/c(=C/c2ccc(OCc3cccc(Cl)c3)cc2)sc2nc3ccccc3n12. The highest BCUT2D eigenvalue weighted by Crippen LogP contribution is 2.18. The number of aromatic nitrogens is 2. The van der Waals surface area contributed by atoms with Crippen LogP contribution in [-0.2, 0) is 6.61 Å². The van der Waals surface area contributed by atoms with Crippen molar-refractivity contribution in [1.82, 2.24) is 9.38 Å². The maximum Gasteiger partial charge on any atom is 0.274 e. The van der Waals surface area contributed by atoms with Crippen LogP contribution in [0.15, 0.2) is 77.6 Å². The minimum atomic E-state index is -0.0417. The molecule has 2 aromatic heterocycles. The van der Waals surface area contributed by atoms with Crippen LogP contribution in [0.25, 0.3) is 22.1 Å². The molecule has 5 rings (SSSR count). The summed E-state index contributed by atoms with van der Waals surface area (Å²) in [7, 11) is 0. The second-order valence-corrected chi connectivity index (χ2v) is 8.07. The minimum Gasteiger partial charge on any atom is -0.489 e. The first-order chi connectivity index (χ1) is 14.2. The van der Waals surface area contributed by atoms with E-state index in [1.165, 1.54) is 11.3 Å². The zero-order chi connectivity index (χ0) is 19.8. The van der Waals surface area contributed by atoms with Gasteiger partial charge in [0.15, 0.2) is 4.96 Å². The Morgan fingerprint density at radius 1 is 1.03 bits per heavy atom. The van der Waals surface area contributed by atoms with Gasteiger partial charge in [-0.15, -0.1) is 0 Å². The molecule has 0 aliphatic carbocycles. The molecule has 0 bridgehead atoms. The summed E-state index contributed by atoms with van der Waals surface area (Å²) < 4.78 is 8.15. The number of halogens is 1. The van der Waals surface area contributed by atoms with Gasteiger partial charge in [-0.3, -0.25) is 4.79 Å². The number of nitrogens with zero attached hydrogens (tertiary/aromatic N) is 2. The first-order valence-corrected chi connectivity index (χ1v) is 10.3. The predicted molar refractivity (Wildman–Crippen MR) is 118 cm³/mol. The van der Waals surface area contributed by atoms with E-state index in [4.69, 9.17) is 16.3 Å². The van der Waals surface area contributed by atoms with Gasteiger partial charge in [0.05, 0.1) is 15.6 Å². The van der Waals surface area contributed by atoms with Crippen molar-refractivity contribution in [3.05, 3.63) is 104 Å². The van der Waals surface area contributed by atoms with E-state index in [9.17, 15) is 4.79 Å². The number of hydrogen-bond acceptors (Lipinski definition) is 4. The molecule has 0 atom stereocenters. The van der Waals surface area contributed by atoms with Crippen molar-refractivity contribution in [3.63, 3.8) is 0 Å². The van der Waals surface area contributed by atoms with E-state index in [0.717, 1.165) is 27.9 Å². The van der Waals surface area contributed by atoms with Gasteiger partial charge in [-0.25, -0.2) is 9.38 Å². The molecule has 0 saturated carbocycles. The van der Waals surface area contributed by atoms with Gasteiger partial charge >= 0.3 is 0 Å². The fourth-order valence-corrected chi connectivity index (χ4v) is 4.42. The van der Waals surface area contributed by atoms with Crippen LogP contribution in [0.3, 0.4) is 0 Å². The normalized spacial score (nSPS) is 12.1. The van der Waals surface area contributed by atoms with Crippen LogP contribution in [-0.4, -0.2) is 9.38 Å². The van der Waals surface area contributed by atoms with Gasteiger partial charge in [-0.2, -0.15) is 0 Å². The number of hydrogen-bond donors (Lipinski definition) is 0. The summed E-state index contributed by atoms with van der Waals surface area (Å²) in [6.07, 6.45) is 1.89. The van der Waals surface area contributed by atoms with Gasteiger partial charge in [0, 0.05) is 5.02 Å². The van der Waals surface area contributed by atoms with Crippen molar-refractivity contribution in [2.75, 3.05) is 0 Å². The third kappa shape index (κ3) is 3.50. The Balaban J connectivity index is 1.41. The standard InChI is InChI=1S/C23H15ClN2O2S/c24-17-5-3-4-16(12-17)14-28-18-10-8-15(9-11-18)13-21-22(27)26-20-7-2-1-6-19(20)25-23(26)29-21/h1-13H,14H2/b21-13-. The van der Waals surface area contributed by atoms with Gasteiger partial charge in [0.2, 0.25) is 0 Å². The van der Waals surface area contributed by atoms with Crippen LogP contribution in [0, 0.1) is 0 Å². The van der Waals surface area contributed by atoms with Crippen molar-refractivity contribution in [2.45, 2.75) is 6.61 Å². The van der Waals surface area contributed by atoms with Crippen molar-refractivity contribution in [3.8, 4) is 5.75 Å². The predicted octanol–water partition coefficient (Wildman–Crippen LogP) is 4.69. The minimum absolute atomic E-state index is 0.0417. The molecule has 3 aromatic carbocycles. The van der Waals surface area contributed by atoms with Gasteiger partial charge in [-0.1, -0.05) is 59.3 Å². The van der Waals surface area contributed by atoms with Crippen molar-refractivity contribution in [1.29, 1.82) is 0 Å². The second kappa shape index (κ2) is 7.35. The molecule has 6 heteroatoms. The first-order valence-electron chi connectivity index (χ1n) is 9.06. The summed E-state index contributed by atoms with van der Waals surface area (Å²) in [6.45, 7) is 0.448. The Morgan fingerprint density at radius 3 is 2.69 bits per heavy atom. The Kier molecular flexibility index (Phi) is 4.54. The van der Waals surface area contributed by atoms with Gasteiger partial charge < -0.3 is 4.74 Å².